The van der Waals surface area contributed by atoms with E-state index in [1.807, 2.05) is 24.3 Å². The molecule has 0 aliphatic carbocycles. The highest BCUT2D eigenvalue weighted by Crippen LogP contribution is 2.22. The zero-order chi connectivity index (χ0) is 19.2. The van der Waals surface area contributed by atoms with Crippen LogP contribution in [0.3, 0.4) is 0 Å². The van der Waals surface area contributed by atoms with Gasteiger partial charge in [-0.3, -0.25) is 4.79 Å². The lowest BCUT2D eigenvalue weighted by Crippen LogP contribution is -2.44. The topological polar surface area (TPSA) is 54.0 Å². The van der Waals surface area contributed by atoms with Crippen LogP contribution in [-0.4, -0.2) is 57.2 Å². The first-order valence-electron chi connectivity index (χ1n) is 9.20. The molecule has 0 aromatic heterocycles. The van der Waals surface area contributed by atoms with Gasteiger partial charge in [-0.1, -0.05) is 6.07 Å². The third kappa shape index (κ3) is 5.14. The molecule has 0 bridgehead atoms. The number of ether oxygens (including phenoxy) is 2. The Balaban J connectivity index is 1.55. The van der Waals surface area contributed by atoms with Crippen molar-refractivity contribution >= 4 is 17.3 Å². The smallest absolute Gasteiger partial charge is 0.265 e. The Bertz CT molecular complexity index is 756. The lowest BCUT2D eigenvalue weighted by molar-refractivity contribution is -0.122. The summed E-state index contributed by atoms with van der Waals surface area (Å²) in [6.07, 6.45) is -0.616. The second-order valence-electron chi connectivity index (χ2n) is 6.77. The van der Waals surface area contributed by atoms with E-state index in [-0.39, 0.29) is 5.91 Å². The standard InChI is InChI=1S/C21H27N3O3/c1-16(27-20-6-4-5-19(15-20)26-3)21(25)22-17-7-9-18(10-8-17)24-13-11-23(2)12-14-24/h4-10,15-16H,11-14H2,1-3H3,(H,22,25)/t16-/m0/s1. The molecular formula is C21H27N3O3. The van der Waals surface area contributed by atoms with E-state index in [9.17, 15) is 4.79 Å². The van der Waals surface area contributed by atoms with Crippen LogP contribution in [0, 0.1) is 0 Å². The monoisotopic (exact) mass is 369 g/mol. The molecule has 0 spiro atoms. The van der Waals surface area contributed by atoms with E-state index in [1.165, 1.54) is 5.69 Å². The summed E-state index contributed by atoms with van der Waals surface area (Å²) in [4.78, 5) is 17.1. The fraction of sp³-hybridized carbons (Fsp3) is 0.381. The maximum Gasteiger partial charge on any atom is 0.265 e. The van der Waals surface area contributed by atoms with Gasteiger partial charge in [0.2, 0.25) is 0 Å². The Labute approximate surface area is 160 Å². The minimum atomic E-state index is -0.616. The number of carbonyl (C=O) groups excluding carboxylic acids is 1. The van der Waals surface area contributed by atoms with E-state index in [0.29, 0.717) is 11.5 Å². The number of methoxy groups -OCH3 is 1. The van der Waals surface area contributed by atoms with Crippen LogP contribution in [0.25, 0.3) is 0 Å². The van der Waals surface area contributed by atoms with Crippen LogP contribution in [0.15, 0.2) is 48.5 Å². The summed E-state index contributed by atoms with van der Waals surface area (Å²) in [6, 6.07) is 15.2. The van der Waals surface area contributed by atoms with E-state index in [1.54, 1.807) is 26.2 Å². The predicted molar refractivity (Wildman–Crippen MR) is 108 cm³/mol. The summed E-state index contributed by atoms with van der Waals surface area (Å²) in [6.45, 7) is 5.91. The van der Waals surface area contributed by atoms with Crippen molar-refractivity contribution in [2.75, 3.05) is 50.6 Å². The number of rotatable bonds is 6. The van der Waals surface area contributed by atoms with Crippen molar-refractivity contribution in [1.82, 2.24) is 4.90 Å². The number of likely N-dealkylation sites (N-methyl/N-ethyl adjacent to an activating group) is 1. The first kappa shape index (κ1) is 19.0. The number of carbonyl (C=O) groups is 1. The molecule has 144 valence electrons. The van der Waals surface area contributed by atoms with E-state index < -0.39 is 6.10 Å². The highest BCUT2D eigenvalue weighted by molar-refractivity contribution is 5.94. The van der Waals surface area contributed by atoms with Crippen LogP contribution < -0.4 is 19.7 Å². The van der Waals surface area contributed by atoms with Crippen molar-refractivity contribution in [2.45, 2.75) is 13.0 Å². The SMILES string of the molecule is COc1cccc(O[C@@H](C)C(=O)Nc2ccc(N3CCN(C)CC3)cc2)c1. The minimum Gasteiger partial charge on any atom is -0.497 e. The van der Waals surface area contributed by atoms with E-state index in [2.05, 4.69) is 34.3 Å². The van der Waals surface area contributed by atoms with Gasteiger partial charge in [0.05, 0.1) is 7.11 Å². The maximum absolute atomic E-state index is 12.4. The highest BCUT2D eigenvalue weighted by Gasteiger charge is 2.17. The average Bonchev–Trinajstić information content (AvgIpc) is 2.69. The molecule has 1 fully saturated rings. The highest BCUT2D eigenvalue weighted by atomic mass is 16.5. The van der Waals surface area contributed by atoms with Crippen molar-refractivity contribution in [3.05, 3.63) is 48.5 Å². The van der Waals surface area contributed by atoms with Crippen LogP contribution in [0.1, 0.15) is 6.92 Å². The summed E-state index contributed by atoms with van der Waals surface area (Å²) in [5.74, 6) is 1.10. The zero-order valence-corrected chi connectivity index (χ0v) is 16.1. The molecule has 1 N–H and O–H groups in total. The summed E-state index contributed by atoms with van der Waals surface area (Å²) in [7, 11) is 3.74. The molecule has 0 saturated carbocycles. The average molecular weight is 369 g/mol. The number of amides is 1. The number of benzene rings is 2. The van der Waals surface area contributed by atoms with Crippen molar-refractivity contribution in [3.63, 3.8) is 0 Å². The molecule has 1 amide bonds. The molecular weight excluding hydrogens is 342 g/mol. The minimum absolute atomic E-state index is 0.190. The third-order valence-corrected chi connectivity index (χ3v) is 4.73. The Kier molecular flexibility index (Phi) is 6.19. The van der Waals surface area contributed by atoms with Crippen LogP contribution in [0.5, 0.6) is 11.5 Å². The normalized spacial score (nSPS) is 15.9. The summed E-state index contributed by atoms with van der Waals surface area (Å²) >= 11 is 0. The van der Waals surface area contributed by atoms with Gasteiger partial charge in [-0.15, -0.1) is 0 Å². The molecule has 2 aromatic carbocycles. The van der Waals surface area contributed by atoms with Gasteiger partial charge in [-0.25, -0.2) is 0 Å². The Hall–Kier alpha value is -2.73. The summed E-state index contributed by atoms with van der Waals surface area (Å²) < 4.78 is 10.9. The molecule has 27 heavy (non-hydrogen) atoms. The van der Waals surface area contributed by atoms with E-state index in [4.69, 9.17) is 9.47 Å². The van der Waals surface area contributed by atoms with Gasteiger partial charge < -0.3 is 24.6 Å². The molecule has 1 atom stereocenters. The molecule has 1 aliphatic heterocycles. The largest absolute Gasteiger partial charge is 0.497 e. The molecule has 6 heteroatoms. The molecule has 1 heterocycles. The molecule has 0 unspecified atom stereocenters. The fourth-order valence-electron chi connectivity index (χ4n) is 3.00. The maximum atomic E-state index is 12.4. The second-order valence-corrected chi connectivity index (χ2v) is 6.77. The quantitative estimate of drug-likeness (QED) is 0.849. The van der Waals surface area contributed by atoms with Crippen molar-refractivity contribution in [1.29, 1.82) is 0 Å². The Morgan fingerprint density at radius 2 is 1.70 bits per heavy atom. The van der Waals surface area contributed by atoms with Crippen LogP contribution in [0.2, 0.25) is 0 Å². The van der Waals surface area contributed by atoms with Crippen molar-refractivity contribution < 1.29 is 14.3 Å². The molecule has 0 radical (unpaired) electrons. The van der Waals surface area contributed by atoms with Crippen molar-refractivity contribution in [3.8, 4) is 11.5 Å². The third-order valence-electron chi connectivity index (χ3n) is 4.73. The summed E-state index contributed by atoms with van der Waals surface area (Å²) in [5.41, 5.74) is 1.95. The number of hydrogen-bond acceptors (Lipinski definition) is 5. The molecule has 3 rings (SSSR count). The van der Waals surface area contributed by atoms with Gasteiger partial charge in [0.25, 0.3) is 5.91 Å². The number of nitrogens with zero attached hydrogens (tertiary/aromatic N) is 2. The van der Waals surface area contributed by atoms with Crippen LogP contribution in [0.4, 0.5) is 11.4 Å². The predicted octanol–water partition coefficient (Wildman–Crippen LogP) is 2.85. The summed E-state index contributed by atoms with van der Waals surface area (Å²) in [5, 5.41) is 2.91. The van der Waals surface area contributed by atoms with Crippen molar-refractivity contribution in [2.24, 2.45) is 0 Å². The zero-order valence-electron chi connectivity index (χ0n) is 16.1. The lowest BCUT2D eigenvalue weighted by atomic mass is 10.2. The van der Waals surface area contributed by atoms with Gasteiger partial charge in [-0.2, -0.15) is 0 Å². The van der Waals surface area contributed by atoms with Crippen LogP contribution >= 0.6 is 0 Å². The number of piperazine rings is 1. The lowest BCUT2D eigenvalue weighted by Gasteiger charge is -2.34. The number of hydrogen-bond donors (Lipinski definition) is 1. The van der Waals surface area contributed by atoms with Gasteiger partial charge in [0.15, 0.2) is 6.10 Å². The Morgan fingerprint density at radius 3 is 2.37 bits per heavy atom. The first-order chi connectivity index (χ1) is 13.0. The van der Waals surface area contributed by atoms with Gasteiger partial charge in [0.1, 0.15) is 11.5 Å². The van der Waals surface area contributed by atoms with Gasteiger partial charge in [-0.05, 0) is 50.4 Å². The van der Waals surface area contributed by atoms with Gasteiger partial charge in [0, 0.05) is 43.6 Å². The molecule has 2 aromatic rings. The number of anilines is 2. The van der Waals surface area contributed by atoms with E-state index in [0.717, 1.165) is 31.9 Å². The fourth-order valence-corrected chi connectivity index (χ4v) is 3.00. The second kappa shape index (κ2) is 8.77. The number of nitrogens with one attached hydrogen (secondary N) is 1. The van der Waals surface area contributed by atoms with Gasteiger partial charge >= 0.3 is 0 Å². The first-order valence-corrected chi connectivity index (χ1v) is 9.20. The van der Waals surface area contributed by atoms with Crippen LogP contribution in [-0.2, 0) is 4.79 Å². The molecule has 6 nitrogen and oxygen atoms in total. The Morgan fingerprint density at radius 1 is 1.04 bits per heavy atom. The van der Waals surface area contributed by atoms with E-state index >= 15 is 0 Å². The molecule has 1 saturated heterocycles. The molecule has 1 aliphatic rings.